The molecule has 1 atom stereocenters. The fourth-order valence-corrected chi connectivity index (χ4v) is 2.99. The van der Waals surface area contributed by atoms with Crippen LogP contribution in [0.2, 0.25) is 0 Å². The standard InChI is InChI=1S/C16H21N5O2/c1-11-6-17-9-14(11)16(23)21-5-3-4-13(21)8-18-15(22)12-7-19-20(2)10-12/h6-7,9-10,13,17H,3-5,8H2,1-2H3,(H,18,22). The first-order valence-corrected chi connectivity index (χ1v) is 7.77. The first-order valence-electron chi connectivity index (χ1n) is 7.77. The molecule has 0 aromatic carbocycles. The molecule has 2 amide bonds. The summed E-state index contributed by atoms with van der Waals surface area (Å²) >= 11 is 0. The third-order valence-corrected chi connectivity index (χ3v) is 4.29. The van der Waals surface area contributed by atoms with Crippen molar-refractivity contribution < 1.29 is 9.59 Å². The van der Waals surface area contributed by atoms with E-state index in [1.165, 1.54) is 6.20 Å². The minimum atomic E-state index is -0.157. The Hall–Kier alpha value is -2.57. The van der Waals surface area contributed by atoms with Crippen LogP contribution >= 0.6 is 0 Å². The average molecular weight is 315 g/mol. The highest BCUT2D eigenvalue weighted by atomic mass is 16.2. The maximum Gasteiger partial charge on any atom is 0.255 e. The zero-order chi connectivity index (χ0) is 16.4. The van der Waals surface area contributed by atoms with Gasteiger partial charge in [0.25, 0.3) is 11.8 Å². The van der Waals surface area contributed by atoms with Crippen LogP contribution in [0.4, 0.5) is 0 Å². The van der Waals surface area contributed by atoms with Crippen molar-refractivity contribution in [2.75, 3.05) is 13.1 Å². The van der Waals surface area contributed by atoms with Gasteiger partial charge in [-0.3, -0.25) is 14.3 Å². The second-order valence-electron chi connectivity index (χ2n) is 5.96. The highest BCUT2D eigenvalue weighted by Crippen LogP contribution is 2.21. The molecule has 1 saturated heterocycles. The molecule has 1 aliphatic rings. The summed E-state index contributed by atoms with van der Waals surface area (Å²) in [5.41, 5.74) is 2.18. The van der Waals surface area contributed by atoms with Gasteiger partial charge in [-0.1, -0.05) is 0 Å². The lowest BCUT2D eigenvalue weighted by Gasteiger charge is -2.25. The van der Waals surface area contributed by atoms with E-state index in [-0.39, 0.29) is 17.9 Å². The Morgan fingerprint density at radius 2 is 2.26 bits per heavy atom. The third kappa shape index (κ3) is 3.13. The number of rotatable bonds is 4. The maximum atomic E-state index is 12.6. The number of aromatic amines is 1. The van der Waals surface area contributed by atoms with E-state index < -0.39 is 0 Å². The molecule has 2 N–H and O–H groups in total. The van der Waals surface area contributed by atoms with Crippen LogP contribution in [-0.2, 0) is 7.05 Å². The number of carbonyl (C=O) groups is 2. The van der Waals surface area contributed by atoms with Gasteiger partial charge in [0, 0.05) is 44.8 Å². The van der Waals surface area contributed by atoms with E-state index in [1.54, 1.807) is 24.1 Å². The molecule has 7 nitrogen and oxygen atoms in total. The molecule has 23 heavy (non-hydrogen) atoms. The number of aryl methyl sites for hydroxylation is 2. The van der Waals surface area contributed by atoms with Crippen LogP contribution in [0.15, 0.2) is 24.8 Å². The van der Waals surface area contributed by atoms with Crippen LogP contribution in [0.25, 0.3) is 0 Å². The highest BCUT2D eigenvalue weighted by Gasteiger charge is 2.30. The second-order valence-corrected chi connectivity index (χ2v) is 5.96. The van der Waals surface area contributed by atoms with Gasteiger partial charge in [-0.05, 0) is 25.3 Å². The molecule has 122 valence electrons. The van der Waals surface area contributed by atoms with Gasteiger partial charge in [-0.15, -0.1) is 0 Å². The first kappa shape index (κ1) is 15.3. The summed E-state index contributed by atoms with van der Waals surface area (Å²) < 4.78 is 1.59. The lowest BCUT2D eigenvalue weighted by Crippen LogP contribution is -2.43. The Morgan fingerprint density at radius 3 is 2.91 bits per heavy atom. The van der Waals surface area contributed by atoms with Gasteiger partial charge in [0.15, 0.2) is 0 Å². The molecule has 0 spiro atoms. The van der Waals surface area contributed by atoms with E-state index in [0.29, 0.717) is 17.7 Å². The number of nitrogens with zero attached hydrogens (tertiary/aromatic N) is 3. The lowest BCUT2D eigenvalue weighted by molar-refractivity contribution is 0.0724. The topological polar surface area (TPSA) is 83.0 Å². The van der Waals surface area contributed by atoms with Crippen molar-refractivity contribution in [1.82, 2.24) is 25.0 Å². The minimum Gasteiger partial charge on any atom is -0.367 e. The largest absolute Gasteiger partial charge is 0.367 e. The fraction of sp³-hybridized carbons (Fsp3) is 0.438. The van der Waals surface area contributed by atoms with E-state index >= 15 is 0 Å². The molecule has 0 aliphatic carbocycles. The van der Waals surface area contributed by atoms with Crippen LogP contribution in [0.5, 0.6) is 0 Å². The van der Waals surface area contributed by atoms with Gasteiger partial charge < -0.3 is 15.2 Å². The predicted octanol–water partition coefficient (Wildman–Crippen LogP) is 1.09. The third-order valence-electron chi connectivity index (χ3n) is 4.29. The summed E-state index contributed by atoms with van der Waals surface area (Å²) in [6.07, 6.45) is 8.64. The minimum absolute atomic E-state index is 0.0295. The Labute approximate surface area is 134 Å². The number of hydrogen-bond acceptors (Lipinski definition) is 3. The van der Waals surface area contributed by atoms with Crippen molar-refractivity contribution in [3.8, 4) is 0 Å². The molecule has 7 heteroatoms. The van der Waals surface area contributed by atoms with Crippen LogP contribution in [0, 0.1) is 6.92 Å². The van der Waals surface area contributed by atoms with Crippen LogP contribution in [0.1, 0.15) is 39.1 Å². The Bertz CT molecular complexity index is 718. The smallest absolute Gasteiger partial charge is 0.255 e. The number of aromatic nitrogens is 3. The quantitative estimate of drug-likeness (QED) is 0.886. The van der Waals surface area contributed by atoms with Crippen molar-refractivity contribution in [3.05, 3.63) is 41.5 Å². The molecule has 1 unspecified atom stereocenters. The van der Waals surface area contributed by atoms with Crippen LogP contribution < -0.4 is 5.32 Å². The molecule has 0 saturated carbocycles. The van der Waals surface area contributed by atoms with Gasteiger partial charge >= 0.3 is 0 Å². The number of H-pyrrole nitrogens is 1. The summed E-state index contributed by atoms with van der Waals surface area (Å²) in [6.45, 7) is 3.11. The zero-order valence-corrected chi connectivity index (χ0v) is 13.4. The van der Waals surface area contributed by atoms with Crippen LogP contribution in [0.3, 0.4) is 0 Å². The Balaban J connectivity index is 1.62. The molecule has 0 bridgehead atoms. The van der Waals surface area contributed by atoms with Gasteiger partial charge in [0.05, 0.1) is 17.3 Å². The number of likely N-dealkylation sites (tertiary alicyclic amines) is 1. The van der Waals surface area contributed by atoms with E-state index in [1.807, 2.05) is 18.0 Å². The van der Waals surface area contributed by atoms with E-state index in [0.717, 1.165) is 24.9 Å². The van der Waals surface area contributed by atoms with Crippen molar-refractivity contribution in [2.45, 2.75) is 25.8 Å². The molecule has 2 aromatic heterocycles. The molecule has 1 fully saturated rings. The number of amides is 2. The highest BCUT2D eigenvalue weighted by molar-refractivity contribution is 5.96. The molecule has 3 rings (SSSR count). The van der Waals surface area contributed by atoms with E-state index in [2.05, 4.69) is 15.4 Å². The zero-order valence-electron chi connectivity index (χ0n) is 13.4. The van der Waals surface area contributed by atoms with Gasteiger partial charge in [0.2, 0.25) is 0 Å². The molecular formula is C16H21N5O2. The maximum absolute atomic E-state index is 12.6. The van der Waals surface area contributed by atoms with E-state index in [4.69, 9.17) is 0 Å². The summed E-state index contributed by atoms with van der Waals surface area (Å²) in [7, 11) is 1.77. The van der Waals surface area contributed by atoms with Gasteiger partial charge in [-0.25, -0.2) is 0 Å². The first-order chi connectivity index (χ1) is 11.1. The number of carbonyl (C=O) groups excluding carboxylic acids is 2. The normalized spacial score (nSPS) is 17.5. The van der Waals surface area contributed by atoms with Crippen LogP contribution in [-0.4, -0.2) is 50.6 Å². The summed E-state index contributed by atoms with van der Waals surface area (Å²) in [5.74, 6) is -0.128. The molecule has 2 aromatic rings. The predicted molar refractivity (Wildman–Crippen MR) is 85.1 cm³/mol. The molecule has 0 radical (unpaired) electrons. The SMILES string of the molecule is Cc1c[nH]cc1C(=O)N1CCCC1CNC(=O)c1cnn(C)c1. The molecule has 1 aliphatic heterocycles. The monoisotopic (exact) mass is 315 g/mol. The average Bonchev–Trinajstić information content (AvgIpc) is 3.24. The lowest BCUT2D eigenvalue weighted by atomic mass is 10.1. The molecular weight excluding hydrogens is 294 g/mol. The fourth-order valence-electron chi connectivity index (χ4n) is 2.99. The van der Waals surface area contributed by atoms with Gasteiger partial charge in [0.1, 0.15) is 0 Å². The summed E-state index contributed by atoms with van der Waals surface area (Å²) in [6, 6.07) is 0.0393. The Kier molecular flexibility index (Phi) is 4.18. The van der Waals surface area contributed by atoms with E-state index in [9.17, 15) is 9.59 Å². The number of nitrogens with one attached hydrogen (secondary N) is 2. The Morgan fingerprint density at radius 1 is 1.43 bits per heavy atom. The summed E-state index contributed by atoms with van der Waals surface area (Å²) in [4.78, 5) is 29.6. The molecule has 3 heterocycles. The van der Waals surface area contributed by atoms with Gasteiger partial charge in [-0.2, -0.15) is 5.10 Å². The van der Waals surface area contributed by atoms with Crippen molar-refractivity contribution >= 4 is 11.8 Å². The number of hydrogen-bond donors (Lipinski definition) is 2. The van der Waals surface area contributed by atoms with Crippen molar-refractivity contribution in [1.29, 1.82) is 0 Å². The van der Waals surface area contributed by atoms with Crippen molar-refractivity contribution in [2.24, 2.45) is 7.05 Å². The van der Waals surface area contributed by atoms with Crippen molar-refractivity contribution in [3.63, 3.8) is 0 Å². The second kappa shape index (κ2) is 6.28. The summed E-state index contributed by atoms with van der Waals surface area (Å²) in [5, 5.41) is 6.90.